The third-order valence-corrected chi connectivity index (χ3v) is 7.69. The minimum absolute atomic E-state index is 0.0484. The number of sulfonamides is 1. The van der Waals surface area contributed by atoms with Gasteiger partial charge >= 0.3 is 6.61 Å². The monoisotopic (exact) mass is 496 g/mol. The fourth-order valence-corrected chi connectivity index (χ4v) is 5.42. The molecule has 0 atom stereocenters. The highest BCUT2D eigenvalue weighted by Gasteiger charge is 2.32. The van der Waals surface area contributed by atoms with Crippen LogP contribution in [0, 0.1) is 5.92 Å². The van der Waals surface area contributed by atoms with Gasteiger partial charge in [0.15, 0.2) is 11.5 Å². The molecular weight excluding hydrogens is 470 g/mol. The molecule has 34 heavy (non-hydrogen) atoms. The normalized spacial score (nSPS) is 17.3. The highest BCUT2D eigenvalue weighted by molar-refractivity contribution is 7.89. The molecule has 1 saturated heterocycles. The Kier molecular flexibility index (Phi) is 7.52. The Labute approximate surface area is 196 Å². The standard InChI is InChI=1S/C23H26F2N2O6S/c24-23(25)33-18-4-2-16(3-5-18)15-26-22(28)17-8-10-27(11-9-17)34(29,30)19-6-7-20-21(14-19)32-13-1-12-31-20/h2-7,14,17,23H,1,8-13,15H2,(H,26,28). The van der Waals surface area contributed by atoms with E-state index in [1.165, 1.54) is 28.6 Å². The van der Waals surface area contributed by atoms with Gasteiger partial charge in [-0.05, 0) is 42.7 Å². The van der Waals surface area contributed by atoms with Gasteiger partial charge in [0.05, 0.1) is 18.1 Å². The van der Waals surface area contributed by atoms with Gasteiger partial charge in [-0.15, -0.1) is 0 Å². The molecule has 0 spiro atoms. The maximum atomic E-state index is 13.1. The number of ether oxygens (including phenoxy) is 3. The van der Waals surface area contributed by atoms with Crippen molar-refractivity contribution in [1.82, 2.24) is 9.62 Å². The van der Waals surface area contributed by atoms with Crippen LogP contribution < -0.4 is 19.5 Å². The van der Waals surface area contributed by atoms with E-state index in [1.807, 2.05) is 0 Å². The number of alkyl halides is 2. The first-order valence-electron chi connectivity index (χ1n) is 11.0. The van der Waals surface area contributed by atoms with Gasteiger partial charge in [0, 0.05) is 38.0 Å². The molecule has 4 rings (SSSR count). The number of halogens is 2. The third-order valence-electron chi connectivity index (χ3n) is 5.80. The maximum absolute atomic E-state index is 13.1. The number of amides is 1. The van der Waals surface area contributed by atoms with Crippen molar-refractivity contribution in [2.45, 2.75) is 37.3 Å². The second-order valence-electron chi connectivity index (χ2n) is 8.08. The summed E-state index contributed by atoms with van der Waals surface area (Å²) in [5.74, 6) is 0.522. The van der Waals surface area contributed by atoms with Crippen LogP contribution in [0.1, 0.15) is 24.8 Å². The molecule has 2 aliphatic rings. The quantitative estimate of drug-likeness (QED) is 0.633. The van der Waals surface area contributed by atoms with Crippen molar-refractivity contribution in [1.29, 1.82) is 0 Å². The van der Waals surface area contributed by atoms with Crippen LogP contribution in [0.2, 0.25) is 0 Å². The van der Waals surface area contributed by atoms with Crippen LogP contribution in [0.4, 0.5) is 8.78 Å². The number of piperidine rings is 1. The van der Waals surface area contributed by atoms with Gasteiger partial charge in [0.1, 0.15) is 5.75 Å². The third kappa shape index (κ3) is 5.76. The lowest BCUT2D eigenvalue weighted by atomic mass is 9.97. The molecule has 2 heterocycles. The van der Waals surface area contributed by atoms with E-state index in [0.717, 1.165) is 12.0 Å². The van der Waals surface area contributed by atoms with E-state index < -0.39 is 16.6 Å². The molecule has 0 aromatic heterocycles. The van der Waals surface area contributed by atoms with Gasteiger partial charge in [0.2, 0.25) is 15.9 Å². The van der Waals surface area contributed by atoms with Gasteiger partial charge < -0.3 is 19.5 Å². The van der Waals surface area contributed by atoms with Crippen LogP contribution >= 0.6 is 0 Å². The number of fused-ring (bicyclic) bond motifs is 1. The first-order chi connectivity index (χ1) is 16.3. The van der Waals surface area contributed by atoms with Gasteiger partial charge in [-0.25, -0.2) is 8.42 Å². The first kappa shape index (κ1) is 24.2. The van der Waals surface area contributed by atoms with Gasteiger partial charge in [0.25, 0.3) is 0 Å². The van der Waals surface area contributed by atoms with E-state index in [2.05, 4.69) is 10.1 Å². The number of benzene rings is 2. The van der Waals surface area contributed by atoms with Crippen LogP contribution in [-0.2, 0) is 21.4 Å². The number of nitrogens with one attached hydrogen (secondary N) is 1. The number of hydrogen-bond acceptors (Lipinski definition) is 6. The van der Waals surface area contributed by atoms with Gasteiger partial charge in [-0.3, -0.25) is 4.79 Å². The van der Waals surface area contributed by atoms with Crippen molar-refractivity contribution in [2.24, 2.45) is 5.92 Å². The van der Waals surface area contributed by atoms with Crippen molar-refractivity contribution < 1.29 is 36.2 Å². The van der Waals surface area contributed by atoms with E-state index in [1.54, 1.807) is 18.2 Å². The molecule has 184 valence electrons. The molecule has 2 aromatic carbocycles. The Balaban J connectivity index is 1.30. The Morgan fingerprint density at radius 2 is 1.74 bits per heavy atom. The van der Waals surface area contributed by atoms with Crippen molar-refractivity contribution in [3.05, 3.63) is 48.0 Å². The Morgan fingerprint density at radius 1 is 1.06 bits per heavy atom. The van der Waals surface area contributed by atoms with Crippen LogP contribution in [0.5, 0.6) is 17.2 Å². The van der Waals surface area contributed by atoms with Gasteiger partial charge in [-0.1, -0.05) is 12.1 Å². The summed E-state index contributed by atoms with van der Waals surface area (Å²) in [6.45, 7) is -1.20. The zero-order valence-electron chi connectivity index (χ0n) is 18.4. The lowest BCUT2D eigenvalue weighted by Gasteiger charge is -2.30. The molecule has 0 aliphatic carbocycles. The summed E-state index contributed by atoms with van der Waals surface area (Å²) >= 11 is 0. The van der Waals surface area contributed by atoms with Crippen molar-refractivity contribution in [2.75, 3.05) is 26.3 Å². The summed E-state index contributed by atoms with van der Waals surface area (Å²) < 4.78 is 67.5. The fraction of sp³-hybridized carbons (Fsp3) is 0.435. The van der Waals surface area contributed by atoms with E-state index in [4.69, 9.17) is 9.47 Å². The first-order valence-corrected chi connectivity index (χ1v) is 12.5. The second kappa shape index (κ2) is 10.6. The van der Waals surface area contributed by atoms with E-state index in [-0.39, 0.29) is 42.1 Å². The summed E-state index contributed by atoms with van der Waals surface area (Å²) in [4.78, 5) is 12.7. The fourth-order valence-electron chi connectivity index (χ4n) is 3.93. The van der Waals surface area contributed by atoms with Crippen LogP contribution in [0.25, 0.3) is 0 Å². The molecule has 0 saturated carbocycles. The Morgan fingerprint density at radius 3 is 2.41 bits per heavy atom. The number of rotatable bonds is 7. The molecule has 0 unspecified atom stereocenters. The predicted molar refractivity (Wildman–Crippen MR) is 118 cm³/mol. The number of hydrogen-bond donors (Lipinski definition) is 1. The summed E-state index contributed by atoms with van der Waals surface area (Å²) in [5.41, 5.74) is 0.740. The molecule has 0 bridgehead atoms. The van der Waals surface area contributed by atoms with Crippen molar-refractivity contribution in [3.63, 3.8) is 0 Å². The zero-order chi connectivity index (χ0) is 24.1. The average Bonchev–Trinajstić information content (AvgIpc) is 3.08. The van der Waals surface area contributed by atoms with Crippen molar-refractivity contribution >= 4 is 15.9 Å². The predicted octanol–water partition coefficient (Wildman–Crippen LogP) is 3.17. The number of carbonyl (C=O) groups excluding carboxylic acids is 1. The molecule has 1 amide bonds. The highest BCUT2D eigenvalue weighted by atomic mass is 32.2. The highest BCUT2D eigenvalue weighted by Crippen LogP contribution is 2.33. The molecule has 1 fully saturated rings. The smallest absolute Gasteiger partial charge is 0.387 e. The number of carbonyl (C=O) groups is 1. The molecule has 2 aromatic rings. The van der Waals surface area contributed by atoms with E-state index in [9.17, 15) is 22.0 Å². The summed E-state index contributed by atoms with van der Waals surface area (Å²) in [7, 11) is -3.72. The Bertz CT molecular complexity index is 1100. The molecule has 0 radical (unpaired) electrons. The SMILES string of the molecule is O=C(NCc1ccc(OC(F)F)cc1)C1CCN(S(=O)(=O)c2ccc3c(c2)OCCCO3)CC1. The molecule has 1 N–H and O–H groups in total. The van der Waals surface area contributed by atoms with Crippen molar-refractivity contribution in [3.8, 4) is 17.2 Å². The maximum Gasteiger partial charge on any atom is 0.387 e. The van der Waals surface area contributed by atoms with Crippen LogP contribution in [0.3, 0.4) is 0 Å². The second-order valence-corrected chi connectivity index (χ2v) is 10.0. The topological polar surface area (TPSA) is 94.2 Å². The summed E-state index contributed by atoms with van der Waals surface area (Å²) in [6, 6.07) is 10.6. The van der Waals surface area contributed by atoms with Crippen LogP contribution in [-0.4, -0.2) is 51.5 Å². The zero-order valence-corrected chi connectivity index (χ0v) is 19.2. The molecule has 11 heteroatoms. The van der Waals surface area contributed by atoms with E-state index in [0.29, 0.717) is 37.6 Å². The molecular formula is C23H26F2N2O6S. The number of nitrogens with zero attached hydrogens (tertiary/aromatic N) is 1. The average molecular weight is 497 g/mol. The van der Waals surface area contributed by atoms with Gasteiger partial charge in [-0.2, -0.15) is 13.1 Å². The minimum atomic E-state index is -3.72. The molecule has 2 aliphatic heterocycles. The molecule has 8 nitrogen and oxygen atoms in total. The summed E-state index contributed by atoms with van der Waals surface area (Å²) in [6.07, 6.45) is 1.53. The lowest BCUT2D eigenvalue weighted by molar-refractivity contribution is -0.126. The van der Waals surface area contributed by atoms with Crippen LogP contribution in [0.15, 0.2) is 47.4 Å². The summed E-state index contributed by atoms with van der Waals surface area (Å²) in [5, 5.41) is 2.83. The lowest BCUT2D eigenvalue weighted by Crippen LogP contribution is -2.42. The minimum Gasteiger partial charge on any atom is -0.490 e. The van der Waals surface area contributed by atoms with E-state index >= 15 is 0 Å². The largest absolute Gasteiger partial charge is 0.490 e. The Hall–Kier alpha value is -2.92.